The standard InChI is InChI=1S/C16H22N4O3/c1-16(2,21)11-6-12(7-11)19-9-10-5-15(20(22)23)14(18(3)4)8-13(10)17-19/h5,8-9,11-12,21H,6-7H2,1-4H3. The average molecular weight is 318 g/mol. The number of anilines is 1. The van der Waals surface area contributed by atoms with Crippen LogP contribution in [0.3, 0.4) is 0 Å². The number of nitro benzene ring substituents is 1. The number of benzene rings is 1. The summed E-state index contributed by atoms with van der Waals surface area (Å²) in [7, 11) is 3.57. The molecule has 1 aliphatic carbocycles. The first-order chi connectivity index (χ1) is 10.7. The molecular weight excluding hydrogens is 296 g/mol. The van der Waals surface area contributed by atoms with Gasteiger partial charge in [-0.15, -0.1) is 0 Å². The monoisotopic (exact) mass is 318 g/mol. The van der Waals surface area contributed by atoms with E-state index in [1.807, 2.05) is 24.7 Å². The van der Waals surface area contributed by atoms with Crippen LogP contribution < -0.4 is 4.90 Å². The maximum Gasteiger partial charge on any atom is 0.293 e. The van der Waals surface area contributed by atoms with Gasteiger partial charge in [0.2, 0.25) is 0 Å². The van der Waals surface area contributed by atoms with E-state index in [-0.39, 0.29) is 22.6 Å². The molecule has 0 radical (unpaired) electrons. The molecular formula is C16H22N4O3. The first-order valence-corrected chi connectivity index (χ1v) is 7.74. The van der Waals surface area contributed by atoms with E-state index in [4.69, 9.17) is 0 Å². The van der Waals surface area contributed by atoms with Gasteiger partial charge in [0.15, 0.2) is 0 Å². The molecule has 124 valence electrons. The van der Waals surface area contributed by atoms with Crippen molar-refractivity contribution >= 4 is 22.3 Å². The van der Waals surface area contributed by atoms with Gasteiger partial charge in [0, 0.05) is 31.7 Å². The van der Waals surface area contributed by atoms with Crippen LogP contribution in [0.5, 0.6) is 0 Å². The SMILES string of the molecule is CN(C)c1cc2nn(C3CC(C(C)(C)O)C3)cc2cc1[N+](=O)[O-]. The van der Waals surface area contributed by atoms with Gasteiger partial charge in [-0.25, -0.2) is 0 Å². The number of aliphatic hydroxyl groups is 1. The van der Waals surface area contributed by atoms with Gasteiger partial charge in [0.05, 0.1) is 22.1 Å². The highest BCUT2D eigenvalue weighted by molar-refractivity contribution is 5.87. The first kappa shape index (κ1) is 15.7. The highest BCUT2D eigenvalue weighted by Gasteiger charge is 2.40. The normalized spacial score (nSPS) is 21.3. The minimum absolute atomic E-state index is 0.0880. The molecule has 3 rings (SSSR count). The van der Waals surface area contributed by atoms with Crippen LogP contribution in [0.2, 0.25) is 0 Å². The fourth-order valence-electron chi connectivity index (χ4n) is 3.14. The van der Waals surface area contributed by atoms with E-state index < -0.39 is 5.60 Å². The summed E-state index contributed by atoms with van der Waals surface area (Å²) in [6.45, 7) is 3.67. The van der Waals surface area contributed by atoms with Crippen molar-refractivity contribution < 1.29 is 10.0 Å². The Balaban J connectivity index is 1.93. The lowest BCUT2D eigenvalue weighted by Crippen LogP contribution is -2.41. The summed E-state index contributed by atoms with van der Waals surface area (Å²) in [6.07, 6.45) is 3.62. The quantitative estimate of drug-likeness (QED) is 0.692. The van der Waals surface area contributed by atoms with Crippen LogP contribution in [0.1, 0.15) is 32.7 Å². The van der Waals surface area contributed by atoms with Crippen molar-refractivity contribution in [2.45, 2.75) is 38.3 Å². The Morgan fingerprint density at radius 3 is 2.57 bits per heavy atom. The van der Waals surface area contributed by atoms with Crippen LogP contribution in [-0.4, -0.2) is 39.5 Å². The van der Waals surface area contributed by atoms with Crippen LogP contribution >= 0.6 is 0 Å². The van der Waals surface area contributed by atoms with E-state index in [9.17, 15) is 15.2 Å². The average Bonchev–Trinajstić information content (AvgIpc) is 2.75. The van der Waals surface area contributed by atoms with Crippen molar-refractivity contribution in [2.24, 2.45) is 5.92 Å². The van der Waals surface area contributed by atoms with Gasteiger partial charge in [0.1, 0.15) is 5.69 Å². The summed E-state index contributed by atoms with van der Waals surface area (Å²) in [4.78, 5) is 12.6. The molecule has 7 heteroatoms. The van der Waals surface area contributed by atoms with Crippen LogP contribution in [0.15, 0.2) is 18.3 Å². The molecule has 0 spiro atoms. The molecule has 7 nitrogen and oxygen atoms in total. The van der Waals surface area contributed by atoms with E-state index >= 15 is 0 Å². The summed E-state index contributed by atoms with van der Waals surface area (Å²) in [5.41, 5.74) is 0.728. The Labute approximate surface area is 134 Å². The molecule has 1 heterocycles. The molecule has 0 saturated heterocycles. The molecule has 0 bridgehead atoms. The van der Waals surface area contributed by atoms with Gasteiger partial charge >= 0.3 is 0 Å². The van der Waals surface area contributed by atoms with Crippen LogP contribution in [0.4, 0.5) is 11.4 Å². The Kier molecular flexibility index (Phi) is 3.55. The second-order valence-corrected chi connectivity index (χ2v) is 7.14. The van der Waals surface area contributed by atoms with Gasteiger partial charge in [-0.05, 0) is 38.7 Å². The molecule has 1 aliphatic rings. The fraction of sp³-hybridized carbons (Fsp3) is 0.562. The van der Waals surface area contributed by atoms with Crippen molar-refractivity contribution in [2.75, 3.05) is 19.0 Å². The summed E-state index contributed by atoms with van der Waals surface area (Å²) < 4.78 is 1.88. The topological polar surface area (TPSA) is 84.4 Å². The molecule has 0 amide bonds. The lowest BCUT2D eigenvalue weighted by atomic mass is 9.71. The fourth-order valence-corrected chi connectivity index (χ4v) is 3.14. The molecule has 23 heavy (non-hydrogen) atoms. The first-order valence-electron chi connectivity index (χ1n) is 7.74. The number of nitrogens with zero attached hydrogens (tertiary/aromatic N) is 4. The van der Waals surface area contributed by atoms with Crippen molar-refractivity contribution in [1.29, 1.82) is 0 Å². The summed E-state index contributed by atoms with van der Waals surface area (Å²) >= 11 is 0. The Morgan fingerprint density at radius 1 is 1.39 bits per heavy atom. The van der Waals surface area contributed by atoms with E-state index in [0.29, 0.717) is 5.69 Å². The number of hydrogen-bond acceptors (Lipinski definition) is 5. The predicted octanol–water partition coefficient (Wildman–Crippen LogP) is 2.73. The van der Waals surface area contributed by atoms with E-state index in [1.165, 1.54) is 0 Å². The zero-order valence-electron chi connectivity index (χ0n) is 13.9. The lowest BCUT2D eigenvalue weighted by Gasteiger charge is -2.42. The molecule has 0 atom stereocenters. The third kappa shape index (κ3) is 2.76. The Bertz CT molecular complexity index is 755. The number of rotatable bonds is 4. The van der Waals surface area contributed by atoms with E-state index in [0.717, 1.165) is 23.7 Å². The Hall–Kier alpha value is -2.15. The summed E-state index contributed by atoms with van der Waals surface area (Å²) in [5, 5.41) is 26.6. The van der Waals surface area contributed by atoms with Gasteiger partial charge in [-0.2, -0.15) is 5.10 Å². The maximum atomic E-state index is 11.3. The zero-order valence-corrected chi connectivity index (χ0v) is 13.9. The van der Waals surface area contributed by atoms with Crippen LogP contribution in [0.25, 0.3) is 10.9 Å². The second kappa shape index (κ2) is 5.19. The summed E-state index contributed by atoms with van der Waals surface area (Å²) in [5.74, 6) is 0.270. The Morgan fingerprint density at radius 2 is 2.04 bits per heavy atom. The van der Waals surface area contributed by atoms with Crippen LogP contribution in [0, 0.1) is 16.0 Å². The number of nitro groups is 1. The number of hydrogen-bond donors (Lipinski definition) is 1. The molecule has 1 saturated carbocycles. The van der Waals surface area contributed by atoms with Gasteiger partial charge < -0.3 is 10.0 Å². The van der Waals surface area contributed by atoms with Gasteiger partial charge in [-0.1, -0.05) is 0 Å². The zero-order chi connectivity index (χ0) is 16.9. The molecule has 0 unspecified atom stereocenters. The van der Waals surface area contributed by atoms with Crippen molar-refractivity contribution in [1.82, 2.24) is 9.78 Å². The van der Waals surface area contributed by atoms with Crippen molar-refractivity contribution in [3.8, 4) is 0 Å². The van der Waals surface area contributed by atoms with E-state index in [1.54, 1.807) is 31.1 Å². The molecule has 1 aromatic carbocycles. The lowest BCUT2D eigenvalue weighted by molar-refractivity contribution is -0.384. The third-order valence-corrected chi connectivity index (χ3v) is 4.78. The van der Waals surface area contributed by atoms with Gasteiger partial charge in [0.25, 0.3) is 5.69 Å². The summed E-state index contributed by atoms with van der Waals surface area (Å²) in [6, 6.07) is 3.59. The molecule has 1 fully saturated rings. The van der Waals surface area contributed by atoms with E-state index in [2.05, 4.69) is 5.10 Å². The largest absolute Gasteiger partial charge is 0.390 e. The molecule has 1 N–H and O–H groups in total. The molecule has 1 aromatic heterocycles. The van der Waals surface area contributed by atoms with Crippen molar-refractivity contribution in [3.05, 3.63) is 28.4 Å². The maximum absolute atomic E-state index is 11.3. The third-order valence-electron chi connectivity index (χ3n) is 4.78. The van der Waals surface area contributed by atoms with Gasteiger partial charge in [-0.3, -0.25) is 14.8 Å². The second-order valence-electron chi connectivity index (χ2n) is 7.14. The number of aromatic nitrogens is 2. The minimum Gasteiger partial charge on any atom is -0.390 e. The van der Waals surface area contributed by atoms with Crippen molar-refractivity contribution in [3.63, 3.8) is 0 Å². The highest BCUT2D eigenvalue weighted by atomic mass is 16.6. The predicted molar refractivity (Wildman–Crippen MR) is 88.8 cm³/mol. The smallest absolute Gasteiger partial charge is 0.293 e. The highest BCUT2D eigenvalue weighted by Crippen LogP contribution is 2.44. The minimum atomic E-state index is -0.667. The molecule has 2 aromatic rings. The molecule has 0 aliphatic heterocycles. The van der Waals surface area contributed by atoms with Crippen LogP contribution in [-0.2, 0) is 0 Å². The number of fused-ring (bicyclic) bond motifs is 1.